The normalized spacial score (nSPS) is 18.9. The number of carbonyl (C=O) groups excluding carboxylic acids is 3. The van der Waals surface area contributed by atoms with Crippen LogP contribution in [0, 0.1) is 19.3 Å². The second-order valence-corrected chi connectivity index (χ2v) is 9.41. The van der Waals surface area contributed by atoms with Gasteiger partial charge in [0.25, 0.3) is 5.91 Å². The molecule has 4 rings (SSSR count). The maximum Gasteiger partial charge on any atom is 0.411 e. The van der Waals surface area contributed by atoms with E-state index in [0.717, 1.165) is 5.56 Å². The first kappa shape index (κ1) is 25.2. The molecule has 2 heterocycles. The number of ether oxygens (including phenoxy) is 1. The summed E-state index contributed by atoms with van der Waals surface area (Å²) in [7, 11) is 0. The fourth-order valence-corrected chi connectivity index (χ4v) is 4.73. The second kappa shape index (κ2) is 10.4. The smallest absolute Gasteiger partial charge is 0.411 e. The number of nitrogens with one attached hydrogen (secondary N) is 1. The molecule has 0 aliphatic carbocycles. The molecule has 2 aliphatic rings. The highest BCUT2D eigenvalue weighted by molar-refractivity contribution is 5.97. The third-order valence-corrected chi connectivity index (χ3v) is 6.99. The van der Waals surface area contributed by atoms with Crippen LogP contribution < -0.4 is 5.32 Å². The van der Waals surface area contributed by atoms with Gasteiger partial charge in [-0.25, -0.2) is 9.18 Å². The van der Waals surface area contributed by atoms with E-state index >= 15 is 4.39 Å². The zero-order valence-electron chi connectivity index (χ0n) is 20.6. The van der Waals surface area contributed by atoms with Crippen molar-refractivity contribution in [1.82, 2.24) is 9.80 Å². The monoisotopic (exact) mass is 491 g/mol. The van der Waals surface area contributed by atoms with Crippen LogP contribution in [-0.4, -0.2) is 60.0 Å². The number of anilines is 1. The largest absolute Gasteiger partial charge is 0.444 e. The molecule has 2 fully saturated rings. The predicted molar refractivity (Wildman–Crippen MR) is 134 cm³/mol. The average molecular weight is 492 g/mol. The minimum absolute atomic E-state index is 0.0484. The van der Waals surface area contributed by atoms with Crippen molar-refractivity contribution in [2.75, 3.05) is 31.5 Å². The van der Waals surface area contributed by atoms with Gasteiger partial charge < -0.3 is 14.5 Å². The van der Waals surface area contributed by atoms with Crippen LogP contribution in [0.3, 0.4) is 0 Å². The highest BCUT2D eigenvalue weighted by Crippen LogP contribution is 2.37. The van der Waals surface area contributed by atoms with Gasteiger partial charge >= 0.3 is 6.09 Å². The lowest BCUT2D eigenvalue weighted by molar-refractivity contribution is -0.128. The second-order valence-electron chi connectivity index (χ2n) is 9.41. The van der Waals surface area contributed by atoms with Crippen molar-refractivity contribution in [3.63, 3.8) is 0 Å². The quantitative estimate of drug-likeness (QED) is 0.649. The summed E-state index contributed by atoms with van der Waals surface area (Å²) in [5, 5.41) is 2.67. The minimum Gasteiger partial charge on any atom is -0.444 e. The Bertz CT molecular complexity index is 1200. The fraction of sp³-hybridized carbons (Fsp3) is 0.393. The first-order valence-corrected chi connectivity index (χ1v) is 12.1. The number of benzene rings is 2. The van der Waals surface area contributed by atoms with Crippen LogP contribution in [0.1, 0.15) is 53.2 Å². The van der Waals surface area contributed by atoms with Crippen molar-refractivity contribution in [2.24, 2.45) is 0 Å². The highest BCUT2D eigenvalue weighted by atomic mass is 19.1. The maximum absolute atomic E-state index is 15.6. The number of nitrogens with zero attached hydrogens (tertiary/aromatic N) is 2. The molecule has 0 saturated carbocycles. The summed E-state index contributed by atoms with van der Waals surface area (Å²) in [6, 6.07) is 12.0. The molecule has 0 spiro atoms. The molecule has 8 heteroatoms. The number of halogens is 1. The lowest BCUT2D eigenvalue weighted by Gasteiger charge is -2.37. The predicted octanol–water partition coefficient (Wildman–Crippen LogP) is 4.25. The van der Waals surface area contributed by atoms with Crippen molar-refractivity contribution in [1.29, 1.82) is 0 Å². The molecule has 1 atom stereocenters. The molecular formula is C28H30FN3O4. The first-order valence-electron chi connectivity index (χ1n) is 12.1. The Morgan fingerprint density at radius 2 is 1.78 bits per heavy atom. The van der Waals surface area contributed by atoms with Crippen LogP contribution in [0.5, 0.6) is 0 Å². The summed E-state index contributed by atoms with van der Waals surface area (Å²) in [6.07, 6.45) is 5.36. The van der Waals surface area contributed by atoms with Gasteiger partial charge in [-0.05, 0) is 42.3 Å². The summed E-state index contributed by atoms with van der Waals surface area (Å²) in [5.74, 6) is 2.28. The molecule has 36 heavy (non-hydrogen) atoms. The van der Waals surface area contributed by atoms with Crippen molar-refractivity contribution >= 4 is 23.6 Å². The number of terminal acetylenes is 1. The zero-order valence-corrected chi connectivity index (χ0v) is 20.6. The first-order chi connectivity index (χ1) is 17.2. The molecule has 0 aromatic heterocycles. The summed E-state index contributed by atoms with van der Waals surface area (Å²) >= 11 is 0. The lowest BCUT2D eigenvalue weighted by Crippen LogP contribution is -2.43. The van der Waals surface area contributed by atoms with Crippen molar-refractivity contribution in [3.8, 4) is 12.3 Å². The molecule has 2 saturated heterocycles. The van der Waals surface area contributed by atoms with Crippen LogP contribution in [0.15, 0.2) is 42.5 Å². The van der Waals surface area contributed by atoms with Gasteiger partial charge in [-0.15, -0.1) is 6.42 Å². The fourth-order valence-electron chi connectivity index (χ4n) is 4.73. The van der Waals surface area contributed by atoms with Crippen LogP contribution in [0.25, 0.3) is 0 Å². The van der Waals surface area contributed by atoms with E-state index in [-0.39, 0.29) is 43.8 Å². The summed E-state index contributed by atoms with van der Waals surface area (Å²) < 4.78 is 21.1. The lowest BCUT2D eigenvalue weighted by atomic mass is 9.85. The molecular weight excluding hydrogens is 461 g/mol. The van der Waals surface area contributed by atoms with Gasteiger partial charge in [-0.1, -0.05) is 24.1 Å². The SMILES string of the molecule is C#Cc1ccc(C2(F)CCN(C(=O)c3cc(NC(=O)OC4CCN(C(C)=O)C4)ccc3C)CC2)cc1. The van der Waals surface area contributed by atoms with Gasteiger partial charge in [0.05, 0.1) is 6.54 Å². The summed E-state index contributed by atoms with van der Waals surface area (Å²) in [5.41, 5.74) is 1.40. The molecule has 2 aromatic carbocycles. The molecule has 1 unspecified atom stereocenters. The standard InChI is InChI=1S/C28H30FN3O4/c1-4-21-6-8-22(9-7-21)28(29)12-15-31(16-13-28)26(34)25-17-23(10-5-19(25)2)30-27(35)36-24-11-14-32(18-24)20(3)33/h1,5-10,17,24H,11-16,18H2,2-3H3,(H,30,35). The average Bonchev–Trinajstić information content (AvgIpc) is 3.34. The van der Waals surface area contributed by atoms with Gasteiger partial charge in [0, 0.05) is 62.6 Å². The third kappa shape index (κ3) is 5.51. The van der Waals surface area contributed by atoms with E-state index in [4.69, 9.17) is 11.2 Å². The Labute approximate surface area is 210 Å². The van der Waals surface area contributed by atoms with E-state index in [2.05, 4.69) is 11.2 Å². The molecule has 7 nitrogen and oxygen atoms in total. The molecule has 0 radical (unpaired) electrons. The Morgan fingerprint density at radius 1 is 1.08 bits per heavy atom. The van der Waals surface area contributed by atoms with Gasteiger partial charge in [0.15, 0.2) is 0 Å². The van der Waals surface area contributed by atoms with E-state index in [9.17, 15) is 14.4 Å². The van der Waals surface area contributed by atoms with Gasteiger partial charge in [0.1, 0.15) is 11.8 Å². The van der Waals surface area contributed by atoms with E-state index < -0.39 is 11.8 Å². The van der Waals surface area contributed by atoms with Crippen molar-refractivity contribution < 1.29 is 23.5 Å². The molecule has 2 aliphatic heterocycles. The Hall–Kier alpha value is -3.86. The molecule has 0 bridgehead atoms. The highest BCUT2D eigenvalue weighted by Gasteiger charge is 2.38. The number of alkyl halides is 1. The van der Waals surface area contributed by atoms with Gasteiger partial charge in [-0.2, -0.15) is 0 Å². The molecule has 188 valence electrons. The number of likely N-dealkylation sites (tertiary alicyclic amines) is 2. The number of aryl methyl sites for hydroxylation is 1. The van der Waals surface area contributed by atoms with E-state index in [1.807, 2.05) is 6.92 Å². The number of piperidine rings is 1. The number of amides is 3. The molecule has 1 N–H and O–H groups in total. The topological polar surface area (TPSA) is 79.0 Å². The van der Waals surface area contributed by atoms with E-state index in [1.54, 1.807) is 52.3 Å². The van der Waals surface area contributed by atoms with Crippen LogP contribution >= 0.6 is 0 Å². The van der Waals surface area contributed by atoms with E-state index in [1.165, 1.54) is 6.92 Å². The zero-order chi connectivity index (χ0) is 25.9. The van der Waals surface area contributed by atoms with Gasteiger partial charge in [-0.3, -0.25) is 14.9 Å². The summed E-state index contributed by atoms with van der Waals surface area (Å²) in [6.45, 7) is 4.79. The number of carbonyl (C=O) groups is 3. The number of rotatable bonds is 4. The Balaban J connectivity index is 1.37. The van der Waals surface area contributed by atoms with Gasteiger partial charge in [0.2, 0.25) is 5.91 Å². The van der Waals surface area contributed by atoms with Crippen molar-refractivity contribution in [2.45, 2.75) is 44.9 Å². The Kier molecular flexibility index (Phi) is 7.30. The third-order valence-electron chi connectivity index (χ3n) is 6.99. The number of hydrogen-bond donors (Lipinski definition) is 1. The maximum atomic E-state index is 15.6. The molecule has 3 amide bonds. The van der Waals surface area contributed by atoms with Crippen LogP contribution in [0.2, 0.25) is 0 Å². The van der Waals surface area contributed by atoms with Crippen molar-refractivity contribution in [3.05, 3.63) is 64.7 Å². The van der Waals surface area contributed by atoms with E-state index in [0.29, 0.717) is 41.9 Å². The molecule has 2 aromatic rings. The van der Waals surface area contributed by atoms with Crippen LogP contribution in [-0.2, 0) is 15.2 Å². The number of hydrogen-bond acceptors (Lipinski definition) is 4. The Morgan fingerprint density at radius 3 is 2.39 bits per heavy atom. The minimum atomic E-state index is -1.51. The summed E-state index contributed by atoms with van der Waals surface area (Å²) in [4.78, 5) is 40.4. The van der Waals surface area contributed by atoms with Crippen LogP contribution in [0.4, 0.5) is 14.9 Å².